The molecule has 0 radical (unpaired) electrons. The van der Waals surface area contributed by atoms with Crippen molar-refractivity contribution < 1.29 is 8.42 Å². The second-order valence-corrected chi connectivity index (χ2v) is 10.9. The predicted octanol–water partition coefficient (Wildman–Crippen LogP) is 5.41. The van der Waals surface area contributed by atoms with Crippen molar-refractivity contribution in [2.45, 2.75) is 58.9 Å². The van der Waals surface area contributed by atoms with E-state index in [4.69, 9.17) is 12.2 Å². The van der Waals surface area contributed by atoms with Gasteiger partial charge in [-0.1, -0.05) is 26.0 Å². The maximum Gasteiger partial charge on any atom is 0.243 e. The summed E-state index contributed by atoms with van der Waals surface area (Å²) in [6, 6.07) is 11.4. The standard InChI is InChI=1S/C26H35N5O2S2/c1-6-13-31(14-7-2)35(32,33)22-11-12-25-23(16-22)21(18-30(25)8-3)17-27-29-26(34)28-24-15-19(4)9-10-20(24)5/h9-12,15-18H,6-8,13-14H2,1-5H3,(H2,28,29,34)/b27-17-. The van der Waals surface area contributed by atoms with Crippen LogP contribution in [0, 0.1) is 13.8 Å². The summed E-state index contributed by atoms with van der Waals surface area (Å²) < 4.78 is 30.3. The fourth-order valence-electron chi connectivity index (χ4n) is 4.01. The summed E-state index contributed by atoms with van der Waals surface area (Å²) in [6.07, 6.45) is 5.20. The molecule has 0 bridgehead atoms. The highest BCUT2D eigenvalue weighted by molar-refractivity contribution is 7.89. The van der Waals surface area contributed by atoms with Gasteiger partial charge in [-0.15, -0.1) is 0 Å². The van der Waals surface area contributed by atoms with E-state index in [0.29, 0.717) is 23.1 Å². The normalized spacial score (nSPS) is 12.1. The number of hydrogen-bond donors (Lipinski definition) is 2. The van der Waals surface area contributed by atoms with E-state index in [2.05, 4.69) is 33.4 Å². The fraction of sp³-hybridized carbons (Fsp3) is 0.385. The second kappa shape index (κ2) is 11.8. The third-order valence-electron chi connectivity index (χ3n) is 5.82. The Balaban J connectivity index is 1.87. The molecule has 3 aromatic rings. The molecule has 0 saturated heterocycles. The average molecular weight is 514 g/mol. The number of hydrogen-bond acceptors (Lipinski definition) is 4. The van der Waals surface area contributed by atoms with E-state index in [1.807, 2.05) is 52.1 Å². The van der Waals surface area contributed by atoms with Crippen LogP contribution in [-0.2, 0) is 16.6 Å². The van der Waals surface area contributed by atoms with Gasteiger partial charge in [0.2, 0.25) is 10.0 Å². The summed E-state index contributed by atoms with van der Waals surface area (Å²) >= 11 is 5.40. The van der Waals surface area contributed by atoms with Gasteiger partial charge in [-0.3, -0.25) is 5.43 Å². The molecule has 0 amide bonds. The SMILES string of the molecule is CCCN(CCC)S(=O)(=O)c1ccc2c(c1)c(/C=N\NC(=S)Nc1cc(C)ccc1C)cn2CC. The predicted molar refractivity (Wildman–Crippen MR) is 150 cm³/mol. The number of fused-ring (bicyclic) bond motifs is 1. The average Bonchev–Trinajstić information content (AvgIpc) is 3.18. The van der Waals surface area contributed by atoms with Gasteiger partial charge in [0.1, 0.15) is 0 Å². The highest BCUT2D eigenvalue weighted by atomic mass is 32.2. The number of anilines is 1. The Morgan fingerprint density at radius 1 is 1.09 bits per heavy atom. The first-order valence-corrected chi connectivity index (χ1v) is 13.9. The number of nitrogens with zero attached hydrogens (tertiary/aromatic N) is 3. The van der Waals surface area contributed by atoms with E-state index in [0.717, 1.165) is 52.7 Å². The zero-order valence-electron chi connectivity index (χ0n) is 21.1. The van der Waals surface area contributed by atoms with Crippen LogP contribution in [0.5, 0.6) is 0 Å². The summed E-state index contributed by atoms with van der Waals surface area (Å²) in [5.74, 6) is 0. The van der Waals surface area contributed by atoms with Crippen LogP contribution in [0.2, 0.25) is 0 Å². The molecule has 0 aliphatic carbocycles. The molecule has 0 atom stereocenters. The third kappa shape index (κ3) is 6.28. The van der Waals surface area contributed by atoms with Crippen molar-refractivity contribution in [1.29, 1.82) is 0 Å². The number of aromatic nitrogens is 1. The number of benzene rings is 2. The van der Waals surface area contributed by atoms with Crippen LogP contribution in [0.3, 0.4) is 0 Å². The molecule has 0 spiro atoms. The minimum Gasteiger partial charge on any atom is -0.347 e. The van der Waals surface area contributed by atoms with E-state index in [-0.39, 0.29) is 0 Å². The van der Waals surface area contributed by atoms with Gasteiger partial charge >= 0.3 is 0 Å². The number of nitrogens with one attached hydrogen (secondary N) is 2. The van der Waals surface area contributed by atoms with Crippen LogP contribution in [0.25, 0.3) is 10.9 Å². The molecule has 0 fully saturated rings. The van der Waals surface area contributed by atoms with Gasteiger partial charge in [0, 0.05) is 48.0 Å². The fourth-order valence-corrected chi connectivity index (χ4v) is 5.82. The van der Waals surface area contributed by atoms with Crippen molar-refractivity contribution in [3.05, 3.63) is 59.3 Å². The summed E-state index contributed by atoms with van der Waals surface area (Å²) in [5, 5.41) is 8.71. The summed E-state index contributed by atoms with van der Waals surface area (Å²) in [5.41, 5.74) is 7.80. The number of sulfonamides is 1. The minimum absolute atomic E-state index is 0.301. The second-order valence-electron chi connectivity index (χ2n) is 8.60. The lowest BCUT2D eigenvalue weighted by Gasteiger charge is -2.21. The maximum atomic E-state index is 13.3. The molecule has 2 aromatic carbocycles. The Morgan fingerprint density at radius 3 is 2.46 bits per heavy atom. The first-order chi connectivity index (χ1) is 16.7. The molecule has 0 aliphatic rings. The topological polar surface area (TPSA) is 78.7 Å². The molecule has 188 valence electrons. The number of aryl methyl sites for hydroxylation is 3. The lowest BCUT2D eigenvalue weighted by atomic mass is 10.1. The first kappa shape index (κ1) is 26.8. The Labute approximate surface area is 214 Å². The van der Waals surface area contributed by atoms with Gasteiger partial charge < -0.3 is 9.88 Å². The Bertz CT molecular complexity index is 1320. The Hall–Kier alpha value is -2.75. The van der Waals surface area contributed by atoms with Crippen molar-refractivity contribution in [3.8, 4) is 0 Å². The third-order valence-corrected chi connectivity index (χ3v) is 7.91. The molecule has 35 heavy (non-hydrogen) atoms. The van der Waals surface area contributed by atoms with Crippen LogP contribution in [0.4, 0.5) is 5.69 Å². The smallest absolute Gasteiger partial charge is 0.243 e. The Kier molecular flexibility index (Phi) is 9.04. The highest BCUT2D eigenvalue weighted by Gasteiger charge is 2.24. The van der Waals surface area contributed by atoms with Crippen molar-refractivity contribution >= 4 is 50.2 Å². The molecule has 3 rings (SSSR count). The van der Waals surface area contributed by atoms with Gasteiger partial charge in [0.05, 0.1) is 11.1 Å². The van der Waals surface area contributed by atoms with Gasteiger partial charge in [0.25, 0.3) is 0 Å². The lowest BCUT2D eigenvalue weighted by Crippen LogP contribution is -2.32. The van der Waals surface area contributed by atoms with Gasteiger partial charge in [-0.05, 0) is 81.2 Å². The van der Waals surface area contributed by atoms with E-state index in [9.17, 15) is 8.42 Å². The quantitative estimate of drug-likeness (QED) is 0.215. The number of rotatable bonds is 10. The molecule has 2 N–H and O–H groups in total. The number of hydrazone groups is 1. The first-order valence-electron chi connectivity index (χ1n) is 12.0. The molecule has 1 heterocycles. The van der Waals surface area contributed by atoms with Gasteiger partial charge in [-0.25, -0.2) is 8.42 Å². The monoisotopic (exact) mass is 513 g/mol. The van der Waals surface area contributed by atoms with Crippen molar-refractivity contribution in [2.24, 2.45) is 5.10 Å². The summed E-state index contributed by atoms with van der Waals surface area (Å²) in [4.78, 5) is 0.301. The van der Waals surface area contributed by atoms with Crippen LogP contribution < -0.4 is 10.7 Å². The molecule has 0 aliphatic heterocycles. The molecular weight excluding hydrogens is 478 g/mol. The molecular formula is C26H35N5O2S2. The van der Waals surface area contributed by atoms with E-state index >= 15 is 0 Å². The molecule has 1 aromatic heterocycles. The van der Waals surface area contributed by atoms with E-state index in [1.54, 1.807) is 22.7 Å². The zero-order valence-corrected chi connectivity index (χ0v) is 22.8. The molecule has 0 saturated carbocycles. The highest BCUT2D eigenvalue weighted by Crippen LogP contribution is 2.26. The lowest BCUT2D eigenvalue weighted by molar-refractivity contribution is 0.410. The van der Waals surface area contributed by atoms with E-state index < -0.39 is 10.0 Å². The largest absolute Gasteiger partial charge is 0.347 e. The van der Waals surface area contributed by atoms with Crippen LogP contribution in [-0.4, -0.2) is 41.7 Å². The van der Waals surface area contributed by atoms with Crippen molar-refractivity contribution in [3.63, 3.8) is 0 Å². The van der Waals surface area contributed by atoms with Gasteiger partial charge in [-0.2, -0.15) is 9.41 Å². The molecule has 9 heteroatoms. The molecule has 7 nitrogen and oxygen atoms in total. The van der Waals surface area contributed by atoms with Crippen LogP contribution in [0.1, 0.15) is 50.3 Å². The molecule has 0 unspecified atom stereocenters. The van der Waals surface area contributed by atoms with Crippen molar-refractivity contribution in [2.75, 3.05) is 18.4 Å². The Morgan fingerprint density at radius 2 is 1.80 bits per heavy atom. The summed E-state index contributed by atoms with van der Waals surface area (Å²) in [7, 11) is -3.57. The van der Waals surface area contributed by atoms with E-state index in [1.165, 1.54) is 0 Å². The van der Waals surface area contributed by atoms with Crippen molar-refractivity contribution in [1.82, 2.24) is 14.3 Å². The zero-order chi connectivity index (χ0) is 25.6. The van der Waals surface area contributed by atoms with Crippen LogP contribution >= 0.6 is 12.2 Å². The minimum atomic E-state index is -3.57. The van der Waals surface area contributed by atoms with Crippen LogP contribution in [0.15, 0.2) is 52.6 Å². The summed E-state index contributed by atoms with van der Waals surface area (Å²) in [6.45, 7) is 11.8. The van der Waals surface area contributed by atoms with Gasteiger partial charge in [0.15, 0.2) is 5.11 Å². The maximum absolute atomic E-state index is 13.3. The number of thiocarbonyl (C=S) groups is 1.